The summed E-state index contributed by atoms with van der Waals surface area (Å²) >= 11 is 3.12. The van der Waals surface area contributed by atoms with Crippen LogP contribution in [-0.4, -0.2) is 45.1 Å². The van der Waals surface area contributed by atoms with Gasteiger partial charge in [0.2, 0.25) is 0 Å². The molecule has 0 aliphatic heterocycles. The first-order valence-corrected chi connectivity index (χ1v) is 5.04. The molecule has 0 saturated carbocycles. The summed E-state index contributed by atoms with van der Waals surface area (Å²) in [5, 5.41) is 16.1. The van der Waals surface area contributed by atoms with Crippen molar-refractivity contribution < 1.29 is 33.0 Å². The summed E-state index contributed by atoms with van der Waals surface area (Å²) in [6, 6.07) is 0. The van der Waals surface area contributed by atoms with Crippen LogP contribution in [0.1, 0.15) is 13.8 Å². The molecule has 0 aromatic carbocycles. The van der Waals surface area contributed by atoms with Crippen LogP contribution in [0.3, 0.4) is 0 Å². The first-order chi connectivity index (χ1) is 7.34. The molecule has 0 spiro atoms. The number of rotatable bonds is 3. The molecule has 102 valence electrons. The van der Waals surface area contributed by atoms with E-state index >= 15 is 0 Å². The summed E-state index contributed by atoms with van der Waals surface area (Å²) in [4.78, 5) is 19.9. The van der Waals surface area contributed by atoms with Gasteiger partial charge in [-0.15, -0.1) is 0 Å². The number of hydrogen-bond donors (Lipinski definition) is 3. The minimum atomic E-state index is -5.08. The van der Waals surface area contributed by atoms with Gasteiger partial charge in [-0.2, -0.15) is 13.2 Å². The van der Waals surface area contributed by atoms with Crippen molar-refractivity contribution in [2.24, 2.45) is 5.73 Å². The lowest BCUT2D eigenvalue weighted by Gasteiger charge is -2.17. The zero-order valence-electron chi connectivity index (χ0n) is 9.08. The molecule has 0 bridgehead atoms. The van der Waals surface area contributed by atoms with E-state index in [1.54, 1.807) is 13.8 Å². The van der Waals surface area contributed by atoms with Crippen molar-refractivity contribution in [3.63, 3.8) is 0 Å². The minimum absolute atomic E-state index is 0.0200. The van der Waals surface area contributed by atoms with Gasteiger partial charge in [0.05, 0.1) is 4.32 Å². The lowest BCUT2D eigenvalue weighted by Crippen LogP contribution is -2.39. The van der Waals surface area contributed by atoms with Gasteiger partial charge in [-0.05, 0) is 13.8 Å². The number of ketones is 1. The lowest BCUT2D eigenvalue weighted by molar-refractivity contribution is -0.192. The molecular weight excluding hydrogens is 311 g/mol. The molecular formula is C8H13BrF3NO4. The van der Waals surface area contributed by atoms with Gasteiger partial charge in [-0.25, -0.2) is 4.79 Å². The molecule has 0 fully saturated rings. The maximum atomic E-state index is 11.0. The van der Waals surface area contributed by atoms with E-state index in [1.807, 2.05) is 0 Å². The van der Waals surface area contributed by atoms with Crippen LogP contribution in [0.5, 0.6) is 0 Å². The Morgan fingerprint density at radius 2 is 1.65 bits per heavy atom. The summed E-state index contributed by atoms with van der Waals surface area (Å²) in [6.07, 6.45) is -6.13. The molecule has 0 heterocycles. The van der Waals surface area contributed by atoms with Gasteiger partial charge in [-0.3, -0.25) is 4.79 Å². The number of nitrogens with two attached hydrogens (primary N) is 1. The van der Waals surface area contributed by atoms with Crippen molar-refractivity contribution in [3.8, 4) is 0 Å². The maximum absolute atomic E-state index is 11.0. The number of carboxylic acid groups (broad SMARTS) is 1. The van der Waals surface area contributed by atoms with Crippen molar-refractivity contribution in [2.45, 2.75) is 30.5 Å². The predicted octanol–water partition coefficient (Wildman–Crippen LogP) is 0.682. The Kier molecular flexibility index (Phi) is 7.61. The van der Waals surface area contributed by atoms with Crippen LogP contribution < -0.4 is 5.73 Å². The van der Waals surface area contributed by atoms with Gasteiger partial charge < -0.3 is 15.9 Å². The number of alkyl halides is 4. The number of aliphatic hydroxyl groups is 1. The minimum Gasteiger partial charge on any atom is -0.475 e. The second-order valence-corrected chi connectivity index (χ2v) is 5.37. The van der Waals surface area contributed by atoms with Gasteiger partial charge in [0.25, 0.3) is 0 Å². The smallest absolute Gasteiger partial charge is 0.475 e. The highest BCUT2D eigenvalue weighted by Crippen LogP contribution is 2.18. The molecule has 0 aromatic rings. The zero-order valence-corrected chi connectivity index (χ0v) is 10.7. The summed E-state index contributed by atoms with van der Waals surface area (Å²) < 4.78 is 31.1. The molecule has 17 heavy (non-hydrogen) atoms. The number of aliphatic carboxylic acids is 1. The van der Waals surface area contributed by atoms with Crippen molar-refractivity contribution in [3.05, 3.63) is 0 Å². The number of Topliss-reactive ketones (excluding diaryl/α,β-unsaturated/α-hetero) is 1. The Bertz CT molecular complexity index is 275. The highest BCUT2D eigenvalue weighted by molar-refractivity contribution is 9.10. The lowest BCUT2D eigenvalue weighted by atomic mass is 10.0. The van der Waals surface area contributed by atoms with Crippen LogP contribution in [0.2, 0.25) is 0 Å². The average Bonchev–Trinajstić information content (AvgIpc) is 2.13. The number of aliphatic hydroxyl groups excluding tert-OH is 1. The average molecular weight is 324 g/mol. The molecule has 0 aromatic heterocycles. The first-order valence-electron chi connectivity index (χ1n) is 4.25. The molecule has 9 heteroatoms. The van der Waals surface area contributed by atoms with Crippen molar-refractivity contribution >= 4 is 27.7 Å². The second kappa shape index (κ2) is 6.92. The van der Waals surface area contributed by atoms with Crippen LogP contribution in [0, 0.1) is 0 Å². The summed E-state index contributed by atoms with van der Waals surface area (Å²) in [6.45, 7) is 3.33. The molecule has 0 aliphatic rings. The first kappa shape index (κ1) is 18.7. The van der Waals surface area contributed by atoms with Gasteiger partial charge in [0.15, 0.2) is 5.78 Å². The van der Waals surface area contributed by atoms with Crippen LogP contribution >= 0.6 is 15.9 Å². The SMILES string of the molecule is CC(C)(Br)C(=O)C(O)CN.O=C(O)C(F)(F)F. The number of hydrogen-bond acceptors (Lipinski definition) is 4. The van der Waals surface area contributed by atoms with E-state index < -0.39 is 22.6 Å². The van der Waals surface area contributed by atoms with Crippen LogP contribution in [-0.2, 0) is 9.59 Å². The highest BCUT2D eigenvalue weighted by atomic mass is 79.9. The van der Waals surface area contributed by atoms with Crippen LogP contribution in [0.15, 0.2) is 0 Å². The topological polar surface area (TPSA) is 101 Å². The Hall–Kier alpha value is -0.670. The molecule has 0 rings (SSSR count). The van der Waals surface area contributed by atoms with Gasteiger partial charge in [0.1, 0.15) is 6.10 Å². The van der Waals surface area contributed by atoms with E-state index in [4.69, 9.17) is 20.7 Å². The van der Waals surface area contributed by atoms with Crippen molar-refractivity contribution in [2.75, 3.05) is 6.54 Å². The van der Waals surface area contributed by atoms with E-state index in [9.17, 15) is 18.0 Å². The number of halogens is 4. The predicted molar refractivity (Wildman–Crippen MR) is 56.8 cm³/mol. The molecule has 1 atom stereocenters. The summed E-state index contributed by atoms with van der Waals surface area (Å²) in [7, 11) is 0. The Balaban J connectivity index is 0. The van der Waals surface area contributed by atoms with E-state index in [0.29, 0.717) is 0 Å². The van der Waals surface area contributed by atoms with Crippen molar-refractivity contribution in [1.82, 2.24) is 0 Å². The molecule has 0 aliphatic carbocycles. The van der Waals surface area contributed by atoms with Crippen LogP contribution in [0.25, 0.3) is 0 Å². The summed E-state index contributed by atoms with van der Waals surface area (Å²) in [5.41, 5.74) is 5.08. The van der Waals surface area contributed by atoms with Gasteiger partial charge in [-0.1, -0.05) is 15.9 Å². The third-order valence-electron chi connectivity index (χ3n) is 1.35. The summed E-state index contributed by atoms with van der Waals surface area (Å²) in [5.74, 6) is -3.04. The zero-order chi connectivity index (χ0) is 14.4. The maximum Gasteiger partial charge on any atom is 0.490 e. The third kappa shape index (κ3) is 9.07. The molecule has 4 N–H and O–H groups in total. The molecule has 1 unspecified atom stereocenters. The molecule has 0 amide bonds. The highest BCUT2D eigenvalue weighted by Gasteiger charge is 2.38. The van der Waals surface area contributed by atoms with E-state index in [0.717, 1.165) is 0 Å². The molecule has 5 nitrogen and oxygen atoms in total. The number of carbonyl (C=O) groups is 2. The third-order valence-corrected chi connectivity index (χ3v) is 1.75. The quantitative estimate of drug-likeness (QED) is 0.663. The molecule has 0 radical (unpaired) electrons. The number of carbonyl (C=O) groups excluding carboxylic acids is 1. The molecule has 0 saturated heterocycles. The van der Waals surface area contributed by atoms with Gasteiger partial charge >= 0.3 is 12.1 Å². The van der Waals surface area contributed by atoms with Crippen LogP contribution in [0.4, 0.5) is 13.2 Å². The second-order valence-electron chi connectivity index (χ2n) is 3.39. The largest absolute Gasteiger partial charge is 0.490 e. The standard InChI is InChI=1S/C6H12BrNO2.C2HF3O2/c1-6(2,7)5(10)4(9)3-8;3-2(4,5)1(6)7/h4,9H,3,8H2,1-2H3;(H,6,7). The van der Waals surface area contributed by atoms with E-state index in [2.05, 4.69) is 15.9 Å². The normalized spacial score (nSPS) is 13.4. The fourth-order valence-electron chi connectivity index (χ4n) is 0.503. The Labute approximate surface area is 104 Å². The van der Waals surface area contributed by atoms with Gasteiger partial charge in [0, 0.05) is 6.54 Å². The van der Waals surface area contributed by atoms with E-state index in [1.165, 1.54) is 0 Å². The fourth-order valence-corrected chi connectivity index (χ4v) is 0.767. The van der Waals surface area contributed by atoms with E-state index in [-0.39, 0.29) is 12.3 Å². The monoisotopic (exact) mass is 323 g/mol. The fraction of sp³-hybridized carbons (Fsp3) is 0.750. The Morgan fingerprint density at radius 1 is 1.35 bits per heavy atom. The number of carboxylic acids is 1. The van der Waals surface area contributed by atoms with Crippen molar-refractivity contribution in [1.29, 1.82) is 0 Å². The Morgan fingerprint density at radius 3 is 1.71 bits per heavy atom.